The Morgan fingerprint density at radius 1 is 0.970 bits per heavy atom. The van der Waals surface area contributed by atoms with Crippen LogP contribution in [0.15, 0.2) is 87.5 Å². The molecule has 0 saturated carbocycles. The molecule has 0 radical (unpaired) electrons. The summed E-state index contributed by atoms with van der Waals surface area (Å²) in [6, 6.07) is 21.0. The van der Waals surface area contributed by atoms with Crippen LogP contribution in [0.1, 0.15) is 33.1 Å². The van der Waals surface area contributed by atoms with Crippen molar-refractivity contribution in [3.8, 4) is 11.1 Å². The van der Waals surface area contributed by atoms with Crippen molar-refractivity contribution in [1.29, 1.82) is 0 Å². The molecule has 7 heteroatoms. The van der Waals surface area contributed by atoms with Gasteiger partial charge in [-0.15, -0.1) is 0 Å². The molecule has 1 aliphatic carbocycles. The molecule has 5 rings (SSSR count). The molecule has 0 atom stereocenters. The number of aldehydes is 1. The van der Waals surface area contributed by atoms with Crippen LogP contribution in [0.5, 0.6) is 0 Å². The summed E-state index contributed by atoms with van der Waals surface area (Å²) in [5.41, 5.74) is 6.64. The number of nitrogens with zero attached hydrogens (tertiary/aromatic N) is 2. The topological polar surface area (TPSA) is 54.9 Å². The lowest BCUT2D eigenvalue weighted by Crippen LogP contribution is -2.21. The second-order valence-corrected chi connectivity index (χ2v) is 9.92. The third-order valence-corrected chi connectivity index (χ3v) is 8.12. The van der Waals surface area contributed by atoms with Gasteiger partial charge in [0, 0.05) is 40.8 Å². The smallest absolute Gasteiger partial charge is 0.171 e. The van der Waals surface area contributed by atoms with Crippen LogP contribution in [0.25, 0.3) is 11.1 Å². The van der Waals surface area contributed by atoms with Crippen LogP contribution in [-0.2, 0) is 6.54 Å². The molecule has 3 aromatic carbocycles. The van der Waals surface area contributed by atoms with E-state index < -0.39 is 0 Å². The number of carbonyl (C=O) groups is 1. The zero-order valence-electron chi connectivity index (χ0n) is 17.5. The number of hydrogen-bond donors (Lipinski definition) is 1. The van der Waals surface area contributed by atoms with E-state index in [1.807, 2.05) is 12.1 Å². The zero-order chi connectivity index (χ0) is 22.8. The molecule has 1 N–H and O–H groups in total. The summed E-state index contributed by atoms with van der Waals surface area (Å²) in [5.74, 6) is 0.285. The number of hydrogen-bond acceptors (Lipinski definition) is 5. The Hall–Kier alpha value is -2.51. The minimum Gasteiger partial charge on any atom is -0.312 e. The minimum absolute atomic E-state index is 0.285. The molecule has 0 bridgehead atoms. The van der Waals surface area contributed by atoms with Crippen molar-refractivity contribution in [2.24, 2.45) is 0 Å². The molecule has 0 amide bonds. The van der Waals surface area contributed by atoms with Crippen LogP contribution in [0.3, 0.4) is 0 Å². The highest BCUT2D eigenvalue weighted by Crippen LogP contribution is 2.44. The van der Waals surface area contributed by atoms with E-state index in [0.717, 1.165) is 21.5 Å². The first-order chi connectivity index (χ1) is 16.2. The van der Waals surface area contributed by atoms with E-state index in [9.17, 15) is 4.79 Å². The third-order valence-electron chi connectivity index (χ3n) is 5.77. The number of rotatable bonds is 7. The predicted octanol–water partition coefficient (Wildman–Crippen LogP) is 6.76. The van der Waals surface area contributed by atoms with Gasteiger partial charge in [0.2, 0.25) is 0 Å². The van der Waals surface area contributed by atoms with Crippen molar-refractivity contribution >= 4 is 45.6 Å². The minimum atomic E-state index is 0.285. The van der Waals surface area contributed by atoms with Gasteiger partial charge in [-0.25, -0.2) is 9.97 Å². The van der Waals surface area contributed by atoms with E-state index in [0.29, 0.717) is 28.6 Å². The number of benzene rings is 3. The first-order valence-electron chi connectivity index (χ1n) is 10.5. The van der Waals surface area contributed by atoms with Gasteiger partial charge in [0.1, 0.15) is 10.7 Å². The van der Waals surface area contributed by atoms with Crippen molar-refractivity contribution < 1.29 is 4.79 Å². The van der Waals surface area contributed by atoms with Gasteiger partial charge in [0.25, 0.3) is 0 Å². The highest BCUT2D eigenvalue weighted by atomic mass is 79.9. The second-order valence-electron chi connectivity index (χ2n) is 7.66. The molecular formula is C26H19BrClN3OS. The Balaban J connectivity index is 1.40. The summed E-state index contributed by atoms with van der Waals surface area (Å²) in [6.45, 7) is 1.41. The molecule has 0 unspecified atom stereocenters. The van der Waals surface area contributed by atoms with E-state index >= 15 is 0 Å². The van der Waals surface area contributed by atoms with Gasteiger partial charge in [-0.3, -0.25) is 4.79 Å². The summed E-state index contributed by atoms with van der Waals surface area (Å²) in [4.78, 5) is 20.7. The lowest BCUT2D eigenvalue weighted by Gasteiger charge is -2.17. The summed E-state index contributed by atoms with van der Waals surface area (Å²) in [5, 5.41) is 4.79. The molecule has 4 aromatic rings. The summed E-state index contributed by atoms with van der Waals surface area (Å²) in [7, 11) is 0. The van der Waals surface area contributed by atoms with Gasteiger partial charge in [-0.1, -0.05) is 87.8 Å². The van der Waals surface area contributed by atoms with E-state index in [1.165, 1.54) is 40.2 Å². The van der Waals surface area contributed by atoms with Crippen molar-refractivity contribution in [3.05, 3.63) is 105 Å². The molecule has 1 aliphatic rings. The molecule has 164 valence electrons. The summed E-state index contributed by atoms with van der Waals surface area (Å²) < 4.78 is 0.950. The van der Waals surface area contributed by atoms with Gasteiger partial charge < -0.3 is 5.32 Å². The quantitative estimate of drug-likeness (QED) is 0.265. The Kier molecular flexibility index (Phi) is 6.60. The van der Waals surface area contributed by atoms with Crippen molar-refractivity contribution in [2.75, 3.05) is 6.54 Å². The van der Waals surface area contributed by atoms with Gasteiger partial charge in [-0.05, 0) is 39.9 Å². The fourth-order valence-electron chi connectivity index (χ4n) is 4.26. The van der Waals surface area contributed by atoms with E-state index in [4.69, 9.17) is 11.6 Å². The third kappa shape index (κ3) is 4.36. The number of aromatic nitrogens is 2. The lowest BCUT2D eigenvalue weighted by atomic mass is 9.97. The van der Waals surface area contributed by atoms with E-state index in [-0.39, 0.29) is 5.92 Å². The van der Waals surface area contributed by atoms with Crippen molar-refractivity contribution in [1.82, 2.24) is 15.3 Å². The predicted molar refractivity (Wildman–Crippen MR) is 136 cm³/mol. The first kappa shape index (κ1) is 22.3. The van der Waals surface area contributed by atoms with Crippen molar-refractivity contribution in [2.45, 2.75) is 22.4 Å². The van der Waals surface area contributed by atoms with Crippen LogP contribution in [0, 0.1) is 0 Å². The lowest BCUT2D eigenvalue weighted by molar-refractivity contribution is 0.111. The molecule has 0 fully saturated rings. The van der Waals surface area contributed by atoms with Gasteiger partial charge in [-0.2, -0.15) is 0 Å². The molecule has 4 nitrogen and oxygen atoms in total. The molecule has 0 spiro atoms. The first-order valence-corrected chi connectivity index (χ1v) is 12.5. The summed E-state index contributed by atoms with van der Waals surface area (Å²) in [6.07, 6.45) is 3.80. The highest BCUT2D eigenvalue weighted by molar-refractivity contribution is 9.10. The molecule has 0 saturated heterocycles. The summed E-state index contributed by atoms with van der Waals surface area (Å²) >= 11 is 11.6. The van der Waals surface area contributed by atoms with Crippen molar-refractivity contribution in [3.63, 3.8) is 0 Å². The second kappa shape index (κ2) is 9.77. The largest absolute Gasteiger partial charge is 0.312 e. The normalized spacial score (nSPS) is 12.4. The average Bonchev–Trinajstić information content (AvgIpc) is 3.17. The monoisotopic (exact) mass is 535 g/mol. The maximum absolute atomic E-state index is 11.4. The van der Waals surface area contributed by atoms with Gasteiger partial charge >= 0.3 is 0 Å². The maximum atomic E-state index is 11.4. The van der Waals surface area contributed by atoms with Gasteiger partial charge in [0.15, 0.2) is 6.29 Å². The van der Waals surface area contributed by atoms with Crippen LogP contribution in [0.4, 0.5) is 0 Å². The zero-order valence-corrected chi connectivity index (χ0v) is 20.6. The Labute approximate surface area is 210 Å². The standard InChI is InChI=1S/C26H19BrClN3OS/c27-22-9-10-23(28)25(33-26-24(15-32)30-11-12-31-26)21(22)14-29-13-20-18-7-3-1-5-16(18)17-6-2-4-8-19(17)20/h1-12,15,20,29H,13-14H2. The number of fused-ring (bicyclic) bond motifs is 3. The maximum Gasteiger partial charge on any atom is 0.171 e. The highest BCUT2D eigenvalue weighted by Gasteiger charge is 2.27. The number of carbonyl (C=O) groups excluding carboxylic acids is 1. The molecular weight excluding hydrogens is 518 g/mol. The van der Waals surface area contributed by atoms with Gasteiger partial charge in [0.05, 0.1) is 5.02 Å². The SMILES string of the molecule is O=Cc1nccnc1Sc1c(Cl)ccc(Br)c1CNCC1c2ccccc2-c2ccccc21. The Morgan fingerprint density at radius 3 is 2.33 bits per heavy atom. The molecule has 0 aliphatic heterocycles. The van der Waals surface area contributed by atoms with Crippen LogP contribution in [0.2, 0.25) is 5.02 Å². The molecule has 1 aromatic heterocycles. The number of halogens is 2. The Bertz CT molecular complexity index is 1300. The van der Waals surface area contributed by atoms with Crippen LogP contribution in [-0.4, -0.2) is 22.8 Å². The van der Waals surface area contributed by atoms with Crippen LogP contribution >= 0.6 is 39.3 Å². The average molecular weight is 537 g/mol. The fourth-order valence-corrected chi connectivity index (χ4v) is 6.14. The van der Waals surface area contributed by atoms with E-state index in [2.05, 4.69) is 79.7 Å². The van der Waals surface area contributed by atoms with Crippen LogP contribution < -0.4 is 5.32 Å². The van der Waals surface area contributed by atoms with E-state index in [1.54, 1.807) is 6.20 Å². The molecule has 1 heterocycles. The Morgan fingerprint density at radius 2 is 1.64 bits per heavy atom. The fraction of sp³-hybridized carbons (Fsp3) is 0.115. The number of nitrogens with one attached hydrogen (secondary N) is 1. The molecule has 33 heavy (non-hydrogen) atoms.